The lowest BCUT2D eigenvalue weighted by molar-refractivity contribution is 0.00745. The van der Waals surface area contributed by atoms with E-state index in [-0.39, 0.29) is 13.3 Å². The lowest BCUT2D eigenvalue weighted by Gasteiger charge is -2.27. The molecule has 0 spiro atoms. The van der Waals surface area contributed by atoms with E-state index < -0.39 is 25.4 Å². The minimum absolute atomic E-state index is 0.123. The summed E-state index contributed by atoms with van der Waals surface area (Å²) in [6.07, 6.45) is 1.34. The average molecular weight is 469 g/mol. The Hall–Kier alpha value is -1.68. The fraction of sp³-hybridized carbons (Fsp3) is 0.667. The van der Waals surface area contributed by atoms with Gasteiger partial charge in [0.15, 0.2) is 0 Å². The standard InChI is InChI=1S/C21H33ClN4O4Si/c1-20(2,3)30-19(27)25-8-7-21(28,12-25)16-11-15-17(22)23-13-24-18(15)26(16)14-29-9-10-31(4,5)6/h11,13,28H,7-10,12,14H2,1-6H3. The van der Waals surface area contributed by atoms with Gasteiger partial charge in [0.1, 0.15) is 35.1 Å². The lowest BCUT2D eigenvalue weighted by atomic mass is 9.99. The van der Waals surface area contributed by atoms with Crippen LogP contribution in [-0.4, -0.2) is 64.0 Å². The summed E-state index contributed by atoms with van der Waals surface area (Å²) >= 11 is 6.30. The minimum Gasteiger partial charge on any atom is -0.444 e. The van der Waals surface area contributed by atoms with E-state index in [4.69, 9.17) is 21.1 Å². The van der Waals surface area contributed by atoms with Gasteiger partial charge in [0.25, 0.3) is 0 Å². The van der Waals surface area contributed by atoms with Crippen molar-refractivity contribution in [1.82, 2.24) is 19.4 Å². The molecular formula is C21H33ClN4O4Si. The molecule has 1 atom stereocenters. The fourth-order valence-corrected chi connectivity index (χ4v) is 4.51. The van der Waals surface area contributed by atoms with Crippen LogP contribution < -0.4 is 0 Å². The molecule has 10 heteroatoms. The van der Waals surface area contributed by atoms with Crippen LogP contribution in [0.25, 0.3) is 11.0 Å². The second-order valence-corrected chi connectivity index (χ2v) is 16.4. The second-order valence-electron chi connectivity index (χ2n) is 10.4. The molecule has 1 aliphatic heterocycles. The van der Waals surface area contributed by atoms with E-state index in [0.29, 0.717) is 41.5 Å². The van der Waals surface area contributed by atoms with Crippen molar-refractivity contribution in [3.05, 3.63) is 23.2 Å². The van der Waals surface area contributed by atoms with Gasteiger partial charge in [-0.15, -0.1) is 0 Å². The molecule has 0 radical (unpaired) electrons. The Morgan fingerprint density at radius 1 is 1.32 bits per heavy atom. The van der Waals surface area contributed by atoms with E-state index >= 15 is 0 Å². The summed E-state index contributed by atoms with van der Waals surface area (Å²) in [5.74, 6) is 0. The maximum Gasteiger partial charge on any atom is 0.410 e. The number of halogens is 1. The summed E-state index contributed by atoms with van der Waals surface area (Å²) < 4.78 is 13.3. The molecule has 2 aromatic rings. The van der Waals surface area contributed by atoms with Crippen molar-refractivity contribution in [2.75, 3.05) is 19.7 Å². The molecule has 3 rings (SSSR count). The first kappa shape index (κ1) is 24.0. The normalized spacial score (nSPS) is 19.9. The summed E-state index contributed by atoms with van der Waals surface area (Å²) in [7, 11) is -1.23. The van der Waals surface area contributed by atoms with E-state index in [1.54, 1.807) is 6.07 Å². The number of carbonyl (C=O) groups excluding carboxylic acids is 1. The Bertz CT molecular complexity index is 953. The molecule has 1 aliphatic rings. The first-order chi connectivity index (χ1) is 14.3. The zero-order chi connectivity index (χ0) is 23.0. The number of rotatable bonds is 6. The maximum atomic E-state index is 12.5. The largest absolute Gasteiger partial charge is 0.444 e. The summed E-state index contributed by atoms with van der Waals surface area (Å²) in [4.78, 5) is 22.5. The maximum absolute atomic E-state index is 12.5. The smallest absolute Gasteiger partial charge is 0.410 e. The van der Waals surface area contributed by atoms with E-state index in [9.17, 15) is 9.90 Å². The number of aliphatic hydroxyl groups is 1. The summed E-state index contributed by atoms with van der Waals surface area (Å²) in [6.45, 7) is 13.8. The number of nitrogens with zero attached hydrogens (tertiary/aromatic N) is 4. The first-order valence-corrected chi connectivity index (χ1v) is 14.7. The number of hydrogen-bond donors (Lipinski definition) is 1. The van der Waals surface area contributed by atoms with Gasteiger partial charge >= 0.3 is 6.09 Å². The number of hydrogen-bond acceptors (Lipinski definition) is 6. The van der Waals surface area contributed by atoms with Crippen molar-refractivity contribution < 1.29 is 19.4 Å². The van der Waals surface area contributed by atoms with Gasteiger partial charge in [0, 0.05) is 27.6 Å². The molecule has 0 aromatic carbocycles. The highest BCUT2D eigenvalue weighted by Gasteiger charge is 2.43. The third-order valence-electron chi connectivity index (χ3n) is 5.23. The lowest BCUT2D eigenvalue weighted by Crippen LogP contribution is -2.39. The summed E-state index contributed by atoms with van der Waals surface area (Å²) in [6, 6.07) is 2.84. The number of fused-ring (bicyclic) bond motifs is 1. The molecule has 0 bridgehead atoms. The first-order valence-electron chi connectivity index (χ1n) is 10.6. The van der Waals surface area contributed by atoms with Crippen molar-refractivity contribution in [2.45, 2.75) is 70.8 Å². The molecule has 0 aliphatic carbocycles. The quantitative estimate of drug-likeness (QED) is 0.387. The topological polar surface area (TPSA) is 89.7 Å². The molecule has 1 saturated heterocycles. The molecule has 1 amide bonds. The number of carbonyl (C=O) groups is 1. The van der Waals surface area contributed by atoms with E-state index in [0.717, 1.165) is 6.04 Å². The van der Waals surface area contributed by atoms with Crippen LogP contribution in [0.4, 0.5) is 4.79 Å². The number of ether oxygens (including phenoxy) is 2. The zero-order valence-electron chi connectivity index (χ0n) is 19.2. The van der Waals surface area contributed by atoms with Crippen molar-refractivity contribution in [1.29, 1.82) is 0 Å². The van der Waals surface area contributed by atoms with Crippen molar-refractivity contribution in [3.63, 3.8) is 0 Å². The van der Waals surface area contributed by atoms with Gasteiger partial charge in [-0.3, -0.25) is 0 Å². The molecule has 1 unspecified atom stereocenters. The Morgan fingerprint density at radius 2 is 2.03 bits per heavy atom. The third-order valence-corrected chi connectivity index (χ3v) is 7.24. The van der Waals surface area contributed by atoms with Crippen LogP contribution in [0.5, 0.6) is 0 Å². The second kappa shape index (κ2) is 8.69. The molecule has 31 heavy (non-hydrogen) atoms. The van der Waals surface area contributed by atoms with Gasteiger partial charge in [-0.25, -0.2) is 14.8 Å². The molecule has 2 aromatic heterocycles. The van der Waals surface area contributed by atoms with Gasteiger partial charge in [-0.1, -0.05) is 31.2 Å². The average Bonchev–Trinajstić information content (AvgIpc) is 3.20. The zero-order valence-corrected chi connectivity index (χ0v) is 21.0. The van der Waals surface area contributed by atoms with Gasteiger partial charge in [-0.05, 0) is 32.9 Å². The number of β-amino-alcohol motifs (C(OH)–C–C–N with tert-alkyl or cyclic N) is 1. The highest BCUT2D eigenvalue weighted by molar-refractivity contribution is 6.76. The summed E-state index contributed by atoms with van der Waals surface area (Å²) in [5.41, 5.74) is -0.639. The predicted octanol–water partition coefficient (Wildman–Crippen LogP) is 4.23. The van der Waals surface area contributed by atoms with E-state index in [2.05, 4.69) is 29.6 Å². The molecule has 1 fully saturated rings. The Morgan fingerprint density at radius 3 is 2.68 bits per heavy atom. The van der Waals surface area contributed by atoms with Crippen LogP contribution in [-0.2, 0) is 21.8 Å². The van der Waals surface area contributed by atoms with E-state index in [1.807, 2.05) is 25.3 Å². The van der Waals surface area contributed by atoms with Crippen molar-refractivity contribution >= 4 is 36.8 Å². The van der Waals surface area contributed by atoms with Crippen LogP contribution >= 0.6 is 11.6 Å². The van der Waals surface area contributed by atoms with Crippen LogP contribution in [0.2, 0.25) is 30.8 Å². The van der Waals surface area contributed by atoms with Crippen LogP contribution in [0.15, 0.2) is 12.4 Å². The summed E-state index contributed by atoms with van der Waals surface area (Å²) in [5, 5.41) is 12.5. The number of amides is 1. The van der Waals surface area contributed by atoms with Crippen molar-refractivity contribution in [2.24, 2.45) is 0 Å². The van der Waals surface area contributed by atoms with Crippen LogP contribution in [0, 0.1) is 0 Å². The van der Waals surface area contributed by atoms with Gasteiger partial charge < -0.3 is 24.0 Å². The highest BCUT2D eigenvalue weighted by atomic mass is 35.5. The highest BCUT2D eigenvalue weighted by Crippen LogP contribution is 2.37. The van der Waals surface area contributed by atoms with Gasteiger partial charge in [-0.2, -0.15) is 0 Å². The fourth-order valence-electron chi connectivity index (χ4n) is 3.57. The Labute approximate surface area is 189 Å². The van der Waals surface area contributed by atoms with Crippen molar-refractivity contribution in [3.8, 4) is 0 Å². The number of aromatic nitrogens is 3. The minimum atomic E-state index is -1.26. The van der Waals surface area contributed by atoms with E-state index in [1.165, 1.54) is 11.2 Å². The van der Waals surface area contributed by atoms with Crippen LogP contribution in [0.1, 0.15) is 32.9 Å². The Balaban J connectivity index is 1.87. The SMILES string of the molecule is CC(C)(C)OC(=O)N1CCC(O)(c2cc3c(Cl)ncnc3n2COCC[Si](C)(C)C)C1. The molecular weight excluding hydrogens is 436 g/mol. The molecule has 8 nitrogen and oxygen atoms in total. The molecule has 0 saturated carbocycles. The molecule has 3 heterocycles. The molecule has 1 N–H and O–H groups in total. The third kappa shape index (κ3) is 5.77. The van der Waals surface area contributed by atoms with Gasteiger partial charge in [0.05, 0.1) is 17.6 Å². The number of likely N-dealkylation sites (tertiary alicyclic amines) is 1. The van der Waals surface area contributed by atoms with Crippen LogP contribution in [0.3, 0.4) is 0 Å². The van der Waals surface area contributed by atoms with Gasteiger partial charge in [0.2, 0.25) is 0 Å². The Kier molecular flexibility index (Phi) is 6.72. The monoisotopic (exact) mass is 468 g/mol. The predicted molar refractivity (Wildman–Crippen MR) is 123 cm³/mol. The molecule has 172 valence electrons.